The molecule has 21 heavy (non-hydrogen) atoms. The Hall–Kier alpha value is -1.40. The minimum atomic E-state index is -0.0973. The summed E-state index contributed by atoms with van der Waals surface area (Å²) in [6.45, 7) is 5.38. The lowest BCUT2D eigenvalue weighted by atomic mass is 9.67. The fraction of sp³-hybridized carbons (Fsp3) is 0.733. The number of aromatic amines is 1. The Kier molecular flexibility index (Phi) is 3.99. The highest BCUT2D eigenvalue weighted by Crippen LogP contribution is 2.43. The molecule has 0 spiro atoms. The summed E-state index contributed by atoms with van der Waals surface area (Å²) in [5, 5.41) is 10.2. The van der Waals surface area contributed by atoms with E-state index < -0.39 is 0 Å². The van der Waals surface area contributed by atoms with E-state index in [0.29, 0.717) is 18.2 Å². The number of carbonyl (C=O) groups excluding carboxylic acids is 1. The van der Waals surface area contributed by atoms with Crippen molar-refractivity contribution in [3.05, 3.63) is 17.0 Å². The largest absolute Gasteiger partial charge is 0.384 e. The summed E-state index contributed by atoms with van der Waals surface area (Å²) < 4.78 is 11.0. The summed E-state index contributed by atoms with van der Waals surface area (Å²) in [5.74, 6) is 0.565. The number of carbonyl (C=O) groups is 1. The Morgan fingerprint density at radius 3 is 3.05 bits per heavy atom. The van der Waals surface area contributed by atoms with E-state index >= 15 is 0 Å². The van der Waals surface area contributed by atoms with Gasteiger partial charge in [-0.1, -0.05) is 6.92 Å². The first-order chi connectivity index (χ1) is 10.2. The third-order valence-corrected chi connectivity index (χ3v) is 4.86. The van der Waals surface area contributed by atoms with Crippen LogP contribution in [0.5, 0.6) is 0 Å². The van der Waals surface area contributed by atoms with Crippen LogP contribution >= 0.6 is 0 Å². The number of hydrogen-bond acceptors (Lipinski definition) is 4. The van der Waals surface area contributed by atoms with E-state index in [-0.39, 0.29) is 24.0 Å². The van der Waals surface area contributed by atoms with Crippen LogP contribution in [-0.4, -0.2) is 48.6 Å². The van der Waals surface area contributed by atoms with Crippen molar-refractivity contribution < 1.29 is 14.3 Å². The van der Waals surface area contributed by atoms with Crippen LogP contribution in [0.4, 0.5) is 0 Å². The van der Waals surface area contributed by atoms with Gasteiger partial charge in [-0.15, -0.1) is 0 Å². The van der Waals surface area contributed by atoms with E-state index in [1.54, 1.807) is 7.11 Å². The summed E-state index contributed by atoms with van der Waals surface area (Å²) in [7, 11) is 1.69. The number of ether oxygens (including phenoxy) is 2. The van der Waals surface area contributed by atoms with Crippen molar-refractivity contribution in [2.45, 2.75) is 38.8 Å². The number of amides is 1. The average molecular weight is 293 g/mol. The third kappa shape index (κ3) is 2.36. The molecule has 6 heteroatoms. The van der Waals surface area contributed by atoms with Gasteiger partial charge in [0.25, 0.3) is 5.91 Å². The summed E-state index contributed by atoms with van der Waals surface area (Å²) in [6, 6.07) is 0.131. The molecule has 6 nitrogen and oxygen atoms in total. The van der Waals surface area contributed by atoms with Crippen molar-refractivity contribution in [3.63, 3.8) is 0 Å². The van der Waals surface area contributed by atoms with Crippen LogP contribution in [0.1, 0.15) is 35.1 Å². The van der Waals surface area contributed by atoms with E-state index in [1.807, 2.05) is 13.8 Å². The highest BCUT2D eigenvalue weighted by atomic mass is 16.5. The molecule has 1 saturated heterocycles. The summed E-state index contributed by atoms with van der Waals surface area (Å²) >= 11 is 0. The molecule has 116 valence electrons. The molecule has 2 heterocycles. The van der Waals surface area contributed by atoms with Gasteiger partial charge >= 0.3 is 0 Å². The van der Waals surface area contributed by atoms with Crippen molar-refractivity contribution in [1.82, 2.24) is 15.5 Å². The first-order valence-corrected chi connectivity index (χ1v) is 7.62. The molecular weight excluding hydrogens is 270 g/mol. The second-order valence-corrected chi connectivity index (χ2v) is 5.94. The van der Waals surface area contributed by atoms with Crippen molar-refractivity contribution in [2.75, 3.05) is 20.3 Å². The number of aryl methyl sites for hydroxylation is 1. The number of aromatic nitrogens is 2. The zero-order valence-electron chi connectivity index (χ0n) is 12.8. The smallest absolute Gasteiger partial charge is 0.272 e. The zero-order valence-corrected chi connectivity index (χ0v) is 12.8. The first kappa shape index (κ1) is 14.5. The van der Waals surface area contributed by atoms with E-state index in [1.165, 1.54) is 0 Å². The number of nitrogens with one attached hydrogen (secondary N) is 2. The van der Waals surface area contributed by atoms with Gasteiger partial charge in [0, 0.05) is 42.9 Å². The molecule has 1 aromatic heterocycles. The monoisotopic (exact) mass is 293 g/mol. The topological polar surface area (TPSA) is 76.2 Å². The van der Waals surface area contributed by atoms with Crippen LogP contribution in [0.2, 0.25) is 0 Å². The summed E-state index contributed by atoms with van der Waals surface area (Å²) in [6.07, 6.45) is 2.09. The van der Waals surface area contributed by atoms with Gasteiger partial charge in [0.2, 0.25) is 0 Å². The summed E-state index contributed by atoms with van der Waals surface area (Å²) in [5.41, 5.74) is 2.46. The normalized spacial score (nSPS) is 30.8. The Bertz CT molecular complexity index is 528. The standard InChI is InChI=1S/C15H23N3O3/c1-4-11-8(2)12(18-17-11)15(19)16-13-9-5-6-21-14(9)10(13)7-20-3/h9-10,13-14H,4-7H2,1-3H3,(H,16,19)(H,17,18)/t9-,10+,13+,14-/m1/s1. The maximum Gasteiger partial charge on any atom is 0.272 e. The average Bonchev–Trinajstić information content (AvgIpc) is 3.06. The maximum absolute atomic E-state index is 12.5. The molecular formula is C15H23N3O3. The number of fused-ring (bicyclic) bond motifs is 1. The third-order valence-electron chi connectivity index (χ3n) is 4.86. The Morgan fingerprint density at radius 1 is 1.57 bits per heavy atom. The van der Waals surface area contributed by atoms with E-state index in [4.69, 9.17) is 9.47 Å². The highest BCUT2D eigenvalue weighted by molar-refractivity contribution is 5.94. The van der Waals surface area contributed by atoms with Crippen LogP contribution in [0.3, 0.4) is 0 Å². The molecule has 1 saturated carbocycles. The number of methoxy groups -OCH3 is 1. The van der Waals surface area contributed by atoms with Crippen LogP contribution < -0.4 is 5.32 Å². The summed E-state index contributed by atoms with van der Waals surface area (Å²) in [4.78, 5) is 12.5. The minimum Gasteiger partial charge on any atom is -0.384 e. The van der Waals surface area contributed by atoms with Crippen LogP contribution in [0.15, 0.2) is 0 Å². The van der Waals surface area contributed by atoms with Gasteiger partial charge in [-0.25, -0.2) is 0 Å². The van der Waals surface area contributed by atoms with Crippen LogP contribution in [0, 0.1) is 18.8 Å². The molecule has 2 fully saturated rings. The first-order valence-electron chi connectivity index (χ1n) is 7.62. The van der Waals surface area contributed by atoms with Crippen molar-refractivity contribution in [1.29, 1.82) is 0 Å². The van der Waals surface area contributed by atoms with Crippen LogP contribution in [0.25, 0.3) is 0 Å². The maximum atomic E-state index is 12.5. The second-order valence-electron chi connectivity index (χ2n) is 5.94. The van der Waals surface area contributed by atoms with Gasteiger partial charge in [0.05, 0.1) is 12.7 Å². The molecule has 3 rings (SSSR count). The molecule has 0 unspecified atom stereocenters. The van der Waals surface area contributed by atoms with Crippen molar-refractivity contribution in [3.8, 4) is 0 Å². The number of nitrogens with zero attached hydrogens (tertiary/aromatic N) is 1. The number of hydrogen-bond donors (Lipinski definition) is 2. The fourth-order valence-corrected chi connectivity index (χ4v) is 3.65. The van der Waals surface area contributed by atoms with Gasteiger partial charge in [0.15, 0.2) is 5.69 Å². The number of rotatable bonds is 5. The van der Waals surface area contributed by atoms with Gasteiger partial charge in [-0.2, -0.15) is 5.10 Å². The molecule has 1 aliphatic heterocycles. The predicted molar refractivity (Wildman–Crippen MR) is 77.2 cm³/mol. The predicted octanol–water partition coefficient (Wildman–Crippen LogP) is 1.06. The second kappa shape index (κ2) is 5.77. The molecule has 0 radical (unpaired) electrons. The van der Waals surface area contributed by atoms with Gasteiger partial charge in [-0.3, -0.25) is 9.89 Å². The lowest BCUT2D eigenvalue weighted by Gasteiger charge is -2.47. The molecule has 4 atom stereocenters. The molecule has 1 aliphatic carbocycles. The molecule has 0 bridgehead atoms. The molecule has 1 aromatic rings. The van der Waals surface area contributed by atoms with E-state index in [0.717, 1.165) is 30.7 Å². The zero-order chi connectivity index (χ0) is 15.0. The van der Waals surface area contributed by atoms with E-state index in [9.17, 15) is 4.79 Å². The van der Waals surface area contributed by atoms with Crippen molar-refractivity contribution >= 4 is 5.91 Å². The molecule has 2 aliphatic rings. The Labute approximate surface area is 124 Å². The SMILES string of the molecule is CCc1[nH]nc(C(=O)N[C@H]2[C@H]3CCO[C@H]3[C@H]2COC)c1C. The molecule has 1 amide bonds. The Balaban J connectivity index is 1.70. The quantitative estimate of drug-likeness (QED) is 0.851. The van der Waals surface area contributed by atoms with Gasteiger partial charge in [-0.05, 0) is 19.8 Å². The molecule has 2 N–H and O–H groups in total. The highest BCUT2D eigenvalue weighted by Gasteiger charge is 2.54. The lowest BCUT2D eigenvalue weighted by molar-refractivity contribution is -0.0810. The number of H-pyrrole nitrogens is 1. The van der Waals surface area contributed by atoms with Gasteiger partial charge < -0.3 is 14.8 Å². The lowest BCUT2D eigenvalue weighted by Crippen LogP contribution is -2.62. The van der Waals surface area contributed by atoms with Gasteiger partial charge in [0.1, 0.15) is 0 Å². The van der Waals surface area contributed by atoms with Crippen molar-refractivity contribution in [2.24, 2.45) is 11.8 Å². The Morgan fingerprint density at radius 2 is 2.38 bits per heavy atom. The fourth-order valence-electron chi connectivity index (χ4n) is 3.65. The minimum absolute atomic E-state index is 0.0973. The van der Waals surface area contributed by atoms with E-state index in [2.05, 4.69) is 15.5 Å². The van der Waals surface area contributed by atoms with Crippen LogP contribution in [-0.2, 0) is 15.9 Å². The molecule has 0 aromatic carbocycles.